The van der Waals surface area contributed by atoms with Crippen LogP contribution in [0.4, 0.5) is 0 Å². The minimum absolute atomic E-state index is 0.333. The van der Waals surface area contributed by atoms with Crippen LogP contribution in [0.25, 0.3) is 10.2 Å². The molecule has 3 aromatic rings. The molecule has 0 amide bonds. The van der Waals surface area contributed by atoms with Crippen molar-refractivity contribution >= 4 is 21.6 Å². The van der Waals surface area contributed by atoms with Gasteiger partial charge in [0.25, 0.3) is 0 Å². The first-order valence-electron chi connectivity index (χ1n) is 8.04. The minimum atomic E-state index is -0.412. The molecule has 0 radical (unpaired) electrons. The third kappa shape index (κ3) is 3.15. The number of nitrogens with zero attached hydrogens (tertiary/aromatic N) is 4. The highest BCUT2D eigenvalue weighted by Gasteiger charge is 2.30. The van der Waals surface area contributed by atoms with Crippen LogP contribution in [-0.2, 0) is 6.54 Å². The maximum atomic E-state index is 10.4. The molecule has 1 aromatic carbocycles. The number of aromatic nitrogens is 3. The van der Waals surface area contributed by atoms with Crippen LogP contribution in [0.2, 0.25) is 0 Å². The van der Waals surface area contributed by atoms with Gasteiger partial charge in [0.2, 0.25) is 0 Å². The molecule has 3 heterocycles. The lowest BCUT2D eigenvalue weighted by Crippen LogP contribution is -2.34. The van der Waals surface area contributed by atoms with Crippen molar-refractivity contribution in [1.82, 2.24) is 19.7 Å². The largest absolute Gasteiger partial charge is 0.390 e. The fraction of sp³-hybridized carbons (Fsp3) is 0.412. The maximum absolute atomic E-state index is 10.4. The van der Waals surface area contributed by atoms with Crippen LogP contribution in [0, 0.1) is 0 Å². The Bertz CT molecular complexity index is 737. The highest BCUT2D eigenvalue weighted by atomic mass is 32.1. The van der Waals surface area contributed by atoms with Crippen molar-refractivity contribution < 1.29 is 5.11 Å². The molecule has 0 saturated carbocycles. The molecule has 0 bridgehead atoms. The topological polar surface area (TPSA) is 54.2 Å². The van der Waals surface area contributed by atoms with Crippen molar-refractivity contribution in [3.63, 3.8) is 0 Å². The SMILES string of the molecule is O[C@H](CN1CCC[C@H]1c1nc2ccccc2s1)Cn1cccn1. The Labute approximate surface area is 139 Å². The number of hydrogen-bond acceptors (Lipinski definition) is 5. The summed E-state index contributed by atoms with van der Waals surface area (Å²) in [4.78, 5) is 7.17. The highest BCUT2D eigenvalue weighted by molar-refractivity contribution is 7.18. The number of fused-ring (bicyclic) bond motifs is 1. The van der Waals surface area contributed by atoms with Crippen LogP contribution in [0.3, 0.4) is 0 Å². The second kappa shape index (κ2) is 6.39. The minimum Gasteiger partial charge on any atom is -0.390 e. The van der Waals surface area contributed by atoms with Crippen molar-refractivity contribution in [1.29, 1.82) is 0 Å². The lowest BCUT2D eigenvalue weighted by Gasteiger charge is -2.25. The van der Waals surface area contributed by atoms with E-state index in [1.165, 1.54) is 9.71 Å². The Morgan fingerprint density at radius 2 is 2.17 bits per heavy atom. The standard InChI is InChI=1S/C17H20N4OS/c22-13(12-21-10-4-8-18-21)11-20-9-3-6-15(20)17-19-14-5-1-2-7-16(14)23-17/h1-2,4-5,7-8,10,13,15,22H,3,6,9,11-12H2/t13-,15+/m1/s1. The average Bonchev–Trinajstić information content (AvgIpc) is 3.26. The summed E-state index contributed by atoms with van der Waals surface area (Å²) in [5.41, 5.74) is 1.08. The molecule has 1 aliphatic rings. The monoisotopic (exact) mass is 328 g/mol. The molecule has 2 aromatic heterocycles. The smallest absolute Gasteiger partial charge is 0.111 e. The van der Waals surface area contributed by atoms with Gasteiger partial charge in [-0.3, -0.25) is 9.58 Å². The number of para-hydroxylation sites is 1. The number of likely N-dealkylation sites (tertiary alicyclic amines) is 1. The van der Waals surface area contributed by atoms with Gasteiger partial charge in [0.15, 0.2) is 0 Å². The van der Waals surface area contributed by atoms with Crippen LogP contribution in [0.15, 0.2) is 42.7 Å². The van der Waals surface area contributed by atoms with Gasteiger partial charge in [-0.05, 0) is 37.6 Å². The Hall–Kier alpha value is -1.76. The van der Waals surface area contributed by atoms with E-state index in [1.807, 2.05) is 18.3 Å². The summed E-state index contributed by atoms with van der Waals surface area (Å²) in [5, 5.41) is 15.7. The Kier molecular flexibility index (Phi) is 4.11. The third-order valence-electron chi connectivity index (χ3n) is 4.36. The predicted octanol–water partition coefficient (Wildman–Crippen LogP) is 2.69. The first kappa shape index (κ1) is 14.8. The lowest BCUT2D eigenvalue weighted by atomic mass is 10.2. The molecule has 1 aliphatic heterocycles. The molecule has 2 atom stereocenters. The number of β-amino-alcohol motifs (C(OH)–C–C–N with tert-alkyl or cyclic N) is 1. The fourth-order valence-corrected chi connectivity index (χ4v) is 4.45. The molecule has 1 fully saturated rings. The second-order valence-electron chi connectivity index (χ2n) is 6.05. The van der Waals surface area contributed by atoms with E-state index in [1.54, 1.807) is 22.2 Å². The maximum Gasteiger partial charge on any atom is 0.111 e. The molecule has 0 unspecified atom stereocenters. The molecule has 0 aliphatic carbocycles. The zero-order valence-corrected chi connectivity index (χ0v) is 13.7. The first-order chi connectivity index (χ1) is 11.3. The van der Waals surface area contributed by atoms with Gasteiger partial charge in [-0.2, -0.15) is 5.10 Å². The average molecular weight is 328 g/mol. The van der Waals surface area contributed by atoms with Gasteiger partial charge < -0.3 is 5.11 Å². The number of aliphatic hydroxyl groups is 1. The quantitative estimate of drug-likeness (QED) is 0.782. The van der Waals surface area contributed by atoms with Crippen molar-refractivity contribution in [3.8, 4) is 0 Å². The predicted molar refractivity (Wildman–Crippen MR) is 91.4 cm³/mol. The number of aliphatic hydroxyl groups excluding tert-OH is 1. The zero-order chi connectivity index (χ0) is 15.6. The second-order valence-corrected chi connectivity index (χ2v) is 7.12. The van der Waals surface area contributed by atoms with E-state index < -0.39 is 6.10 Å². The van der Waals surface area contributed by atoms with Crippen LogP contribution >= 0.6 is 11.3 Å². The van der Waals surface area contributed by atoms with Crippen molar-refractivity contribution in [2.45, 2.75) is 31.5 Å². The number of thiazole rings is 1. The van der Waals surface area contributed by atoms with E-state index in [9.17, 15) is 5.11 Å². The summed E-state index contributed by atoms with van der Waals surface area (Å²) >= 11 is 1.78. The summed E-state index contributed by atoms with van der Waals surface area (Å²) in [6, 6.07) is 10.5. The molecular weight excluding hydrogens is 308 g/mol. The van der Waals surface area contributed by atoms with Crippen LogP contribution < -0.4 is 0 Å². The van der Waals surface area contributed by atoms with Gasteiger partial charge in [-0.15, -0.1) is 11.3 Å². The van der Waals surface area contributed by atoms with Gasteiger partial charge >= 0.3 is 0 Å². The molecule has 6 heteroatoms. The third-order valence-corrected chi connectivity index (χ3v) is 5.50. The van der Waals surface area contributed by atoms with Gasteiger partial charge in [0.1, 0.15) is 5.01 Å². The number of hydrogen-bond donors (Lipinski definition) is 1. The first-order valence-corrected chi connectivity index (χ1v) is 8.86. The van der Waals surface area contributed by atoms with Gasteiger partial charge in [0.05, 0.1) is 28.9 Å². The van der Waals surface area contributed by atoms with Crippen molar-refractivity contribution in [3.05, 3.63) is 47.7 Å². The molecular formula is C17H20N4OS. The van der Waals surface area contributed by atoms with E-state index in [4.69, 9.17) is 4.98 Å². The van der Waals surface area contributed by atoms with E-state index >= 15 is 0 Å². The molecule has 120 valence electrons. The Balaban J connectivity index is 1.47. The fourth-order valence-electron chi connectivity index (χ4n) is 3.31. The van der Waals surface area contributed by atoms with E-state index in [-0.39, 0.29) is 0 Å². The van der Waals surface area contributed by atoms with E-state index in [0.29, 0.717) is 19.1 Å². The van der Waals surface area contributed by atoms with E-state index in [0.717, 1.165) is 24.9 Å². The molecule has 0 spiro atoms. The molecule has 23 heavy (non-hydrogen) atoms. The molecule has 4 rings (SSSR count). The normalized spacial score (nSPS) is 20.3. The summed E-state index contributed by atoms with van der Waals surface area (Å²) in [5.74, 6) is 0. The van der Waals surface area contributed by atoms with Gasteiger partial charge in [-0.25, -0.2) is 4.98 Å². The van der Waals surface area contributed by atoms with Crippen molar-refractivity contribution in [2.24, 2.45) is 0 Å². The Morgan fingerprint density at radius 3 is 3.00 bits per heavy atom. The van der Waals surface area contributed by atoms with Crippen LogP contribution in [0.1, 0.15) is 23.9 Å². The van der Waals surface area contributed by atoms with Crippen molar-refractivity contribution in [2.75, 3.05) is 13.1 Å². The van der Waals surface area contributed by atoms with Crippen LogP contribution in [0.5, 0.6) is 0 Å². The zero-order valence-electron chi connectivity index (χ0n) is 12.9. The van der Waals surface area contributed by atoms with Crippen LogP contribution in [-0.4, -0.2) is 44.0 Å². The summed E-state index contributed by atoms with van der Waals surface area (Å²) in [6.45, 7) is 2.23. The highest BCUT2D eigenvalue weighted by Crippen LogP contribution is 2.36. The Morgan fingerprint density at radius 1 is 1.26 bits per heavy atom. The molecule has 1 N–H and O–H groups in total. The number of benzene rings is 1. The van der Waals surface area contributed by atoms with E-state index in [2.05, 4.69) is 28.2 Å². The van der Waals surface area contributed by atoms with Gasteiger partial charge in [0, 0.05) is 18.9 Å². The summed E-state index contributed by atoms with van der Waals surface area (Å²) < 4.78 is 3.03. The summed E-state index contributed by atoms with van der Waals surface area (Å²) in [6.07, 6.45) is 5.50. The summed E-state index contributed by atoms with van der Waals surface area (Å²) in [7, 11) is 0. The lowest BCUT2D eigenvalue weighted by molar-refractivity contribution is 0.0890. The molecule has 1 saturated heterocycles. The van der Waals surface area contributed by atoms with Gasteiger partial charge in [-0.1, -0.05) is 12.1 Å². The molecule has 5 nitrogen and oxygen atoms in total. The number of rotatable bonds is 5.